The standard InChI is InChI=1S/C23H29NO2S/c1-19-12-14-20(15-13-19)9-5-2-3-8-16-24-22(25)17-23(24)27(26)18-21-10-6-4-7-11-21/h4,6-7,10-15,23H,2-3,5,8-9,16-18H2,1H3/q+1. The molecule has 0 bridgehead atoms. The molecule has 1 amide bonds. The van der Waals surface area contributed by atoms with Crippen LogP contribution in [0.3, 0.4) is 0 Å². The molecule has 1 fully saturated rings. The highest BCUT2D eigenvalue weighted by atomic mass is 32.2. The van der Waals surface area contributed by atoms with E-state index in [1.165, 1.54) is 24.0 Å². The first kappa shape index (κ1) is 20.1. The number of nitrogens with zero attached hydrogens (tertiary/aromatic N) is 1. The van der Waals surface area contributed by atoms with E-state index in [0.29, 0.717) is 12.2 Å². The minimum atomic E-state index is -1.01. The Labute approximate surface area is 166 Å². The van der Waals surface area contributed by atoms with Crippen LogP contribution in [-0.2, 0) is 28.1 Å². The van der Waals surface area contributed by atoms with Crippen molar-refractivity contribution in [1.29, 1.82) is 0 Å². The molecule has 3 nitrogen and oxygen atoms in total. The summed E-state index contributed by atoms with van der Waals surface area (Å²) in [6, 6.07) is 18.6. The van der Waals surface area contributed by atoms with Crippen LogP contribution in [0.5, 0.6) is 0 Å². The third kappa shape index (κ3) is 5.93. The second kappa shape index (κ2) is 10.1. The Bertz CT molecular complexity index is 717. The molecule has 0 saturated carbocycles. The van der Waals surface area contributed by atoms with E-state index in [9.17, 15) is 9.35 Å². The summed E-state index contributed by atoms with van der Waals surface area (Å²) in [4.78, 5) is 13.8. The fourth-order valence-electron chi connectivity index (χ4n) is 3.48. The van der Waals surface area contributed by atoms with Gasteiger partial charge in [0.25, 0.3) is 0 Å². The predicted molar refractivity (Wildman–Crippen MR) is 112 cm³/mol. The SMILES string of the molecule is Cc1ccc(CCCCCC[N+]2C(=O)CC2[S+]([O-])Cc2ccccc2)cc1. The number of carbonyl (C=O) groups excluding carboxylic acids is 1. The van der Waals surface area contributed by atoms with E-state index < -0.39 is 11.2 Å². The van der Waals surface area contributed by atoms with Crippen LogP contribution in [-0.4, -0.2) is 22.4 Å². The summed E-state index contributed by atoms with van der Waals surface area (Å²) in [7, 11) is 0. The van der Waals surface area contributed by atoms with E-state index in [1.807, 2.05) is 35.2 Å². The van der Waals surface area contributed by atoms with Gasteiger partial charge in [0.05, 0.1) is 0 Å². The summed E-state index contributed by atoms with van der Waals surface area (Å²) in [5, 5.41) is -0.0923. The predicted octanol–water partition coefficient (Wildman–Crippen LogP) is 4.44. The molecule has 0 spiro atoms. The number of hydrogen-bond donors (Lipinski definition) is 0. The number of rotatable bonds is 10. The lowest BCUT2D eigenvalue weighted by molar-refractivity contribution is -0.133. The van der Waals surface area contributed by atoms with Crippen LogP contribution in [0, 0.1) is 6.92 Å². The third-order valence-corrected chi connectivity index (χ3v) is 6.85. The van der Waals surface area contributed by atoms with Gasteiger partial charge in [-0.2, -0.15) is 0 Å². The first-order valence-electron chi connectivity index (χ1n) is 9.89. The molecule has 1 heterocycles. The number of carbonyl (C=O) groups is 1. The second-order valence-corrected chi connectivity index (χ2v) is 9.00. The molecule has 2 atom stereocenters. The average molecular weight is 384 g/mol. The molecule has 0 N–H and O–H groups in total. The molecule has 2 aromatic rings. The number of hydrogen-bond acceptors (Lipinski definition) is 2. The number of amides is 1. The summed E-state index contributed by atoms with van der Waals surface area (Å²) in [6.45, 7) is 2.86. The van der Waals surface area contributed by atoms with E-state index in [1.54, 1.807) is 0 Å². The van der Waals surface area contributed by atoms with Crippen molar-refractivity contribution in [1.82, 2.24) is 4.90 Å². The van der Waals surface area contributed by atoms with Crippen molar-refractivity contribution in [2.24, 2.45) is 0 Å². The Morgan fingerprint density at radius 2 is 1.67 bits per heavy atom. The van der Waals surface area contributed by atoms with Crippen molar-refractivity contribution < 1.29 is 9.35 Å². The van der Waals surface area contributed by atoms with Gasteiger partial charge in [-0.05, 0) is 31.7 Å². The van der Waals surface area contributed by atoms with Crippen LogP contribution < -0.4 is 4.90 Å². The average Bonchev–Trinajstić information content (AvgIpc) is 2.67. The quantitative estimate of drug-likeness (QED) is 0.263. The molecule has 0 aromatic heterocycles. The Morgan fingerprint density at radius 3 is 2.37 bits per heavy atom. The molecular weight excluding hydrogens is 354 g/mol. The lowest BCUT2D eigenvalue weighted by Crippen LogP contribution is -2.61. The van der Waals surface area contributed by atoms with E-state index in [-0.39, 0.29) is 11.3 Å². The molecule has 2 aromatic carbocycles. The smallest absolute Gasteiger partial charge is 0.377 e. The molecule has 1 saturated heterocycles. The van der Waals surface area contributed by atoms with Crippen molar-refractivity contribution in [3.05, 3.63) is 71.3 Å². The van der Waals surface area contributed by atoms with Gasteiger partial charge in [0.1, 0.15) is 12.3 Å². The normalized spacial score (nSPS) is 18.3. The monoisotopic (exact) mass is 383 g/mol. The summed E-state index contributed by atoms with van der Waals surface area (Å²) < 4.78 is 12.6. The number of unbranched alkanes of at least 4 members (excludes halogenated alkanes) is 3. The second-order valence-electron chi connectivity index (χ2n) is 7.41. The van der Waals surface area contributed by atoms with Gasteiger partial charge in [-0.25, -0.2) is 4.79 Å². The molecule has 0 aliphatic carbocycles. The molecule has 4 heteroatoms. The summed E-state index contributed by atoms with van der Waals surface area (Å²) in [6.07, 6.45) is 6.03. The van der Waals surface area contributed by atoms with Crippen molar-refractivity contribution >= 4 is 17.1 Å². The van der Waals surface area contributed by atoms with Crippen molar-refractivity contribution in [3.8, 4) is 0 Å². The van der Waals surface area contributed by atoms with Gasteiger partial charge >= 0.3 is 11.3 Å². The molecule has 1 aliphatic heterocycles. The highest BCUT2D eigenvalue weighted by Crippen LogP contribution is 2.25. The number of benzene rings is 2. The zero-order valence-corrected chi connectivity index (χ0v) is 16.9. The third-order valence-electron chi connectivity index (χ3n) is 5.21. The summed E-state index contributed by atoms with van der Waals surface area (Å²) >= 11 is -1.01. The van der Waals surface area contributed by atoms with Gasteiger partial charge < -0.3 is 4.55 Å². The number of likely N-dealkylation sites (tertiary alicyclic amines) is 1. The van der Waals surface area contributed by atoms with Gasteiger partial charge in [-0.15, -0.1) is 0 Å². The summed E-state index contributed by atoms with van der Waals surface area (Å²) in [5.74, 6) is 0.687. The van der Waals surface area contributed by atoms with Crippen molar-refractivity contribution in [2.45, 2.75) is 56.6 Å². The maximum atomic E-state index is 12.6. The molecule has 2 unspecified atom stereocenters. The Hall–Kier alpha value is -1.62. The van der Waals surface area contributed by atoms with Gasteiger partial charge in [0.2, 0.25) is 0 Å². The zero-order valence-electron chi connectivity index (χ0n) is 16.1. The molecular formula is C23H29NO2S+. The molecule has 27 heavy (non-hydrogen) atoms. The summed E-state index contributed by atoms with van der Waals surface area (Å²) in [5.41, 5.74) is 3.78. The number of aryl methyl sites for hydroxylation is 2. The van der Waals surface area contributed by atoms with Crippen LogP contribution in [0.1, 0.15) is 48.8 Å². The minimum Gasteiger partial charge on any atom is -0.611 e. The molecule has 1 aliphatic rings. The van der Waals surface area contributed by atoms with E-state index >= 15 is 0 Å². The van der Waals surface area contributed by atoms with Crippen molar-refractivity contribution in [3.63, 3.8) is 0 Å². The first-order valence-corrected chi connectivity index (χ1v) is 11.3. The van der Waals surface area contributed by atoms with Gasteiger partial charge in [0, 0.05) is 23.2 Å². The Balaban J connectivity index is 1.33. The highest BCUT2D eigenvalue weighted by molar-refractivity contribution is 7.91. The topological polar surface area (TPSA) is 46.0 Å². The fourth-order valence-corrected chi connectivity index (χ4v) is 5.03. The van der Waals surface area contributed by atoms with Crippen LogP contribution in [0.25, 0.3) is 0 Å². The molecule has 3 rings (SSSR count). The fraction of sp³-hybridized carbons (Fsp3) is 0.435. The van der Waals surface area contributed by atoms with E-state index in [4.69, 9.17) is 0 Å². The lowest BCUT2D eigenvalue weighted by atomic mass is 10.0. The maximum Gasteiger partial charge on any atom is 0.377 e. The molecule has 143 valence electrons. The van der Waals surface area contributed by atoms with E-state index in [2.05, 4.69) is 31.2 Å². The zero-order chi connectivity index (χ0) is 19.1. The lowest BCUT2D eigenvalue weighted by Gasteiger charge is -2.28. The Kier molecular flexibility index (Phi) is 7.50. The highest BCUT2D eigenvalue weighted by Gasteiger charge is 2.55. The van der Waals surface area contributed by atoms with Crippen LogP contribution in [0.2, 0.25) is 0 Å². The van der Waals surface area contributed by atoms with Crippen LogP contribution in [0.4, 0.5) is 0 Å². The first-order chi connectivity index (χ1) is 13.1. The van der Waals surface area contributed by atoms with Gasteiger partial charge in [-0.1, -0.05) is 71.5 Å². The van der Waals surface area contributed by atoms with Crippen LogP contribution >= 0.6 is 0 Å². The minimum absolute atomic E-state index is 0.0923. The van der Waals surface area contributed by atoms with Gasteiger partial charge in [-0.3, -0.25) is 0 Å². The van der Waals surface area contributed by atoms with Gasteiger partial charge in [0.15, 0.2) is 6.42 Å². The number of β-lactam (4-membered cyclic amide) rings is 1. The van der Waals surface area contributed by atoms with E-state index in [0.717, 1.165) is 31.4 Å². The van der Waals surface area contributed by atoms with Crippen LogP contribution in [0.15, 0.2) is 54.6 Å². The largest absolute Gasteiger partial charge is 0.611 e. The molecule has 1 radical (unpaired) electrons. The van der Waals surface area contributed by atoms with Crippen molar-refractivity contribution in [2.75, 3.05) is 6.54 Å². The Morgan fingerprint density at radius 1 is 0.963 bits per heavy atom. The maximum absolute atomic E-state index is 12.6.